The summed E-state index contributed by atoms with van der Waals surface area (Å²) in [4.78, 5) is 0.104. The molecule has 0 radical (unpaired) electrons. The first kappa shape index (κ1) is 17.3. The maximum Gasteiger partial charge on any atom is 0.242 e. The summed E-state index contributed by atoms with van der Waals surface area (Å²) >= 11 is 0. The first-order valence-corrected chi connectivity index (χ1v) is 9.15. The van der Waals surface area contributed by atoms with E-state index < -0.39 is 10.0 Å². The number of nitrogens with one attached hydrogen (secondary N) is 2. The molecule has 0 aliphatic heterocycles. The van der Waals surface area contributed by atoms with E-state index in [4.69, 9.17) is 0 Å². The van der Waals surface area contributed by atoms with Gasteiger partial charge in [-0.1, -0.05) is 0 Å². The van der Waals surface area contributed by atoms with E-state index in [-0.39, 0.29) is 16.8 Å². The SMILES string of the molecule is Cc1cc(Nc2nnc3ccc(S(=O)(=O)NC(C)C)cn23)ccc1F. The van der Waals surface area contributed by atoms with Crippen molar-refractivity contribution in [2.24, 2.45) is 0 Å². The molecule has 132 valence electrons. The van der Waals surface area contributed by atoms with Crippen LogP contribution in [0, 0.1) is 12.7 Å². The molecule has 3 rings (SSSR count). The number of fused-ring (bicyclic) bond motifs is 1. The Hall–Kier alpha value is -2.52. The van der Waals surface area contributed by atoms with Crippen LogP contribution in [0.1, 0.15) is 19.4 Å². The van der Waals surface area contributed by atoms with Crippen LogP contribution in [0.15, 0.2) is 41.4 Å². The fourth-order valence-corrected chi connectivity index (χ4v) is 3.59. The second kappa shape index (κ2) is 6.41. The third kappa shape index (κ3) is 3.62. The molecular weight excluding hydrogens is 345 g/mol. The van der Waals surface area contributed by atoms with Crippen molar-refractivity contribution >= 4 is 27.3 Å². The molecule has 1 aromatic carbocycles. The van der Waals surface area contributed by atoms with Crippen molar-refractivity contribution in [1.29, 1.82) is 0 Å². The largest absolute Gasteiger partial charge is 0.324 e. The molecule has 2 N–H and O–H groups in total. The van der Waals surface area contributed by atoms with Gasteiger partial charge in [0.25, 0.3) is 0 Å². The quantitative estimate of drug-likeness (QED) is 0.727. The van der Waals surface area contributed by atoms with Gasteiger partial charge in [0.2, 0.25) is 16.0 Å². The Morgan fingerprint density at radius 3 is 2.60 bits per heavy atom. The van der Waals surface area contributed by atoms with Gasteiger partial charge in [-0.25, -0.2) is 17.5 Å². The van der Waals surface area contributed by atoms with Crippen LogP contribution in [0.4, 0.5) is 16.0 Å². The molecule has 0 saturated heterocycles. The van der Waals surface area contributed by atoms with E-state index in [1.54, 1.807) is 39.0 Å². The van der Waals surface area contributed by atoms with Crippen LogP contribution >= 0.6 is 0 Å². The van der Waals surface area contributed by atoms with E-state index in [9.17, 15) is 12.8 Å². The number of anilines is 2. The normalized spacial score (nSPS) is 12.0. The van der Waals surface area contributed by atoms with Crippen molar-refractivity contribution in [3.8, 4) is 0 Å². The average Bonchev–Trinajstić information content (AvgIpc) is 2.92. The Morgan fingerprint density at radius 1 is 1.16 bits per heavy atom. The van der Waals surface area contributed by atoms with Gasteiger partial charge in [0, 0.05) is 17.9 Å². The highest BCUT2D eigenvalue weighted by atomic mass is 32.2. The van der Waals surface area contributed by atoms with E-state index in [2.05, 4.69) is 20.2 Å². The zero-order valence-electron chi connectivity index (χ0n) is 14.0. The number of rotatable bonds is 5. The third-order valence-corrected chi connectivity index (χ3v) is 5.13. The number of nitrogens with zero attached hydrogens (tertiary/aromatic N) is 3. The minimum atomic E-state index is -3.63. The number of aryl methyl sites for hydroxylation is 1. The minimum Gasteiger partial charge on any atom is -0.324 e. The standard InChI is InChI=1S/C16H18FN5O2S/c1-10(2)21-25(23,24)13-5-7-15-19-20-16(22(15)9-13)18-12-4-6-14(17)11(3)8-12/h4-10,21H,1-3H3,(H,18,20). The van der Waals surface area contributed by atoms with Crippen LogP contribution < -0.4 is 10.0 Å². The van der Waals surface area contributed by atoms with Gasteiger partial charge in [0.15, 0.2) is 5.65 Å². The molecule has 0 saturated carbocycles. The van der Waals surface area contributed by atoms with Gasteiger partial charge >= 0.3 is 0 Å². The number of pyridine rings is 1. The summed E-state index contributed by atoms with van der Waals surface area (Å²) in [5.41, 5.74) is 1.61. The molecule has 2 aromatic heterocycles. The predicted molar refractivity (Wildman–Crippen MR) is 92.9 cm³/mol. The Morgan fingerprint density at radius 2 is 1.92 bits per heavy atom. The molecule has 0 bridgehead atoms. The molecule has 25 heavy (non-hydrogen) atoms. The first-order chi connectivity index (χ1) is 11.8. The van der Waals surface area contributed by atoms with Crippen LogP contribution in [0.2, 0.25) is 0 Å². The summed E-state index contributed by atoms with van der Waals surface area (Å²) in [7, 11) is -3.63. The van der Waals surface area contributed by atoms with E-state index >= 15 is 0 Å². The predicted octanol–water partition coefficient (Wildman–Crippen LogP) is 2.61. The maximum absolute atomic E-state index is 13.4. The number of halogens is 1. The van der Waals surface area contributed by atoms with Crippen LogP contribution in [0.5, 0.6) is 0 Å². The van der Waals surface area contributed by atoms with Crippen LogP contribution in [0.3, 0.4) is 0 Å². The zero-order valence-corrected chi connectivity index (χ0v) is 14.8. The summed E-state index contributed by atoms with van der Waals surface area (Å²) in [6.45, 7) is 5.15. The van der Waals surface area contributed by atoms with Gasteiger partial charge in [-0.15, -0.1) is 10.2 Å². The van der Waals surface area contributed by atoms with Crippen molar-refractivity contribution < 1.29 is 12.8 Å². The molecule has 0 spiro atoms. The van der Waals surface area contributed by atoms with Crippen LogP contribution in [0.25, 0.3) is 5.65 Å². The number of hydrogen-bond acceptors (Lipinski definition) is 5. The van der Waals surface area contributed by atoms with E-state index in [1.165, 1.54) is 22.7 Å². The van der Waals surface area contributed by atoms with Crippen molar-refractivity contribution in [2.75, 3.05) is 5.32 Å². The summed E-state index contributed by atoms with van der Waals surface area (Å²) in [6.07, 6.45) is 1.44. The van der Waals surface area contributed by atoms with Crippen LogP contribution in [-0.2, 0) is 10.0 Å². The molecule has 0 aliphatic carbocycles. The fourth-order valence-electron chi connectivity index (χ4n) is 2.35. The molecule has 0 aliphatic rings. The highest BCUT2D eigenvalue weighted by molar-refractivity contribution is 7.89. The summed E-state index contributed by atoms with van der Waals surface area (Å²) < 4.78 is 42.1. The van der Waals surface area contributed by atoms with Crippen molar-refractivity contribution in [3.63, 3.8) is 0 Å². The Balaban J connectivity index is 1.99. The minimum absolute atomic E-state index is 0.104. The van der Waals surface area contributed by atoms with Crippen molar-refractivity contribution in [2.45, 2.75) is 31.7 Å². The van der Waals surface area contributed by atoms with Gasteiger partial charge in [0.05, 0.1) is 4.90 Å². The lowest BCUT2D eigenvalue weighted by Gasteiger charge is -2.10. The topological polar surface area (TPSA) is 88.4 Å². The molecule has 2 heterocycles. The van der Waals surface area contributed by atoms with Crippen molar-refractivity contribution in [3.05, 3.63) is 47.9 Å². The Bertz CT molecular complexity index is 1030. The Kier molecular flexibility index (Phi) is 4.44. The highest BCUT2D eigenvalue weighted by Gasteiger charge is 2.17. The van der Waals surface area contributed by atoms with Crippen LogP contribution in [-0.4, -0.2) is 29.1 Å². The van der Waals surface area contributed by atoms with Gasteiger partial charge in [0.1, 0.15) is 5.82 Å². The average molecular weight is 363 g/mol. The molecule has 3 aromatic rings. The zero-order chi connectivity index (χ0) is 18.2. The lowest BCUT2D eigenvalue weighted by Crippen LogP contribution is -2.30. The number of benzene rings is 1. The molecule has 7 nitrogen and oxygen atoms in total. The smallest absolute Gasteiger partial charge is 0.242 e. The molecule has 9 heteroatoms. The lowest BCUT2D eigenvalue weighted by molar-refractivity contribution is 0.569. The molecule has 0 amide bonds. The summed E-state index contributed by atoms with van der Waals surface area (Å²) in [6, 6.07) is 7.38. The molecule has 0 fully saturated rings. The molecule has 0 atom stereocenters. The summed E-state index contributed by atoms with van der Waals surface area (Å²) in [5, 5.41) is 11.0. The number of aromatic nitrogens is 3. The first-order valence-electron chi connectivity index (χ1n) is 7.66. The van der Waals surface area contributed by atoms with Crippen molar-refractivity contribution in [1.82, 2.24) is 19.3 Å². The number of sulfonamides is 1. The Labute approximate surface area is 145 Å². The van der Waals surface area contributed by atoms with Gasteiger partial charge in [-0.05, 0) is 56.7 Å². The summed E-state index contributed by atoms with van der Waals surface area (Å²) in [5.74, 6) is 0.0346. The monoisotopic (exact) mass is 363 g/mol. The second-order valence-corrected chi connectivity index (χ2v) is 7.70. The lowest BCUT2D eigenvalue weighted by atomic mass is 10.2. The van der Waals surface area contributed by atoms with Gasteiger partial charge in [-0.3, -0.25) is 4.40 Å². The van der Waals surface area contributed by atoms with E-state index in [0.717, 1.165) is 0 Å². The maximum atomic E-state index is 13.4. The van der Waals surface area contributed by atoms with E-state index in [1.807, 2.05) is 0 Å². The molecular formula is C16H18FN5O2S. The second-order valence-electron chi connectivity index (χ2n) is 5.98. The van der Waals surface area contributed by atoms with Gasteiger partial charge < -0.3 is 5.32 Å². The molecule has 0 unspecified atom stereocenters. The number of hydrogen-bond donors (Lipinski definition) is 2. The fraction of sp³-hybridized carbons (Fsp3) is 0.250. The van der Waals surface area contributed by atoms with E-state index in [0.29, 0.717) is 22.8 Å². The highest BCUT2D eigenvalue weighted by Crippen LogP contribution is 2.20. The van der Waals surface area contributed by atoms with Gasteiger partial charge in [-0.2, -0.15) is 0 Å². The third-order valence-electron chi connectivity index (χ3n) is 3.49.